The van der Waals surface area contributed by atoms with Gasteiger partial charge in [-0.1, -0.05) is 36.8 Å². The van der Waals surface area contributed by atoms with E-state index < -0.39 is 0 Å². The van der Waals surface area contributed by atoms with Crippen molar-refractivity contribution >= 4 is 0 Å². The van der Waals surface area contributed by atoms with Crippen LogP contribution in [-0.4, -0.2) is 19.8 Å². The summed E-state index contributed by atoms with van der Waals surface area (Å²) < 4.78 is 5.84. The number of hydrogen-bond donors (Lipinski definition) is 1. The average Bonchev–Trinajstić information content (AvgIpc) is 3.19. The van der Waals surface area contributed by atoms with Crippen molar-refractivity contribution in [3.8, 4) is 0 Å². The number of aryl methyl sites for hydroxylation is 1. The van der Waals surface area contributed by atoms with Crippen LogP contribution < -0.4 is 5.32 Å². The molecular weight excluding hydrogens is 222 g/mol. The molecule has 1 atom stereocenters. The molecule has 0 bridgehead atoms. The summed E-state index contributed by atoms with van der Waals surface area (Å²) in [5.74, 6) is 0.842. The molecule has 18 heavy (non-hydrogen) atoms. The van der Waals surface area contributed by atoms with Crippen LogP contribution in [0.25, 0.3) is 0 Å². The molecule has 0 heterocycles. The maximum Gasteiger partial charge on any atom is 0.0661 e. The van der Waals surface area contributed by atoms with Crippen LogP contribution in [0.5, 0.6) is 0 Å². The molecule has 1 N–H and O–H groups in total. The molecule has 0 amide bonds. The maximum absolute atomic E-state index is 5.84. The van der Waals surface area contributed by atoms with E-state index in [1.807, 2.05) is 0 Å². The van der Waals surface area contributed by atoms with Crippen LogP contribution >= 0.6 is 0 Å². The first-order valence-corrected chi connectivity index (χ1v) is 7.17. The molecule has 2 nitrogen and oxygen atoms in total. The lowest BCUT2D eigenvalue weighted by atomic mass is 10.1. The highest BCUT2D eigenvalue weighted by Gasteiger charge is 2.22. The molecule has 0 aromatic heterocycles. The van der Waals surface area contributed by atoms with E-state index in [9.17, 15) is 0 Å². The van der Waals surface area contributed by atoms with Crippen LogP contribution in [0.15, 0.2) is 24.3 Å². The minimum atomic E-state index is 0.337. The van der Waals surface area contributed by atoms with Crippen molar-refractivity contribution in [1.29, 1.82) is 0 Å². The van der Waals surface area contributed by atoms with Crippen LogP contribution in [0.3, 0.4) is 0 Å². The van der Waals surface area contributed by atoms with Gasteiger partial charge in [-0.2, -0.15) is 0 Å². The van der Waals surface area contributed by atoms with Gasteiger partial charge < -0.3 is 10.1 Å². The lowest BCUT2D eigenvalue weighted by molar-refractivity contribution is 0.103. The SMILES string of the molecule is CCCNC(COCC1CC1)c1ccc(C)cc1. The molecule has 2 rings (SSSR count). The van der Waals surface area contributed by atoms with Gasteiger partial charge in [-0.25, -0.2) is 0 Å². The van der Waals surface area contributed by atoms with Gasteiger partial charge in [0.1, 0.15) is 0 Å². The molecule has 100 valence electrons. The highest BCUT2D eigenvalue weighted by Crippen LogP contribution is 2.29. The smallest absolute Gasteiger partial charge is 0.0661 e. The fraction of sp³-hybridized carbons (Fsp3) is 0.625. The van der Waals surface area contributed by atoms with Gasteiger partial charge in [0.2, 0.25) is 0 Å². The monoisotopic (exact) mass is 247 g/mol. The van der Waals surface area contributed by atoms with E-state index in [1.54, 1.807) is 0 Å². The summed E-state index contributed by atoms with van der Waals surface area (Å²) in [6.07, 6.45) is 3.88. The summed E-state index contributed by atoms with van der Waals surface area (Å²) in [5.41, 5.74) is 2.65. The van der Waals surface area contributed by atoms with Crippen molar-refractivity contribution in [1.82, 2.24) is 5.32 Å². The topological polar surface area (TPSA) is 21.3 Å². The zero-order valence-corrected chi connectivity index (χ0v) is 11.6. The zero-order chi connectivity index (χ0) is 12.8. The lowest BCUT2D eigenvalue weighted by Crippen LogP contribution is -2.26. The highest BCUT2D eigenvalue weighted by atomic mass is 16.5. The van der Waals surface area contributed by atoms with Crippen LogP contribution in [0, 0.1) is 12.8 Å². The second-order valence-electron chi connectivity index (χ2n) is 5.40. The Labute approximate surface area is 111 Å². The number of hydrogen-bond acceptors (Lipinski definition) is 2. The molecule has 2 heteroatoms. The van der Waals surface area contributed by atoms with E-state index in [-0.39, 0.29) is 0 Å². The first-order chi connectivity index (χ1) is 8.79. The minimum Gasteiger partial charge on any atom is -0.379 e. The molecule has 1 aliphatic rings. The Morgan fingerprint density at radius 3 is 2.61 bits per heavy atom. The normalized spacial score (nSPS) is 16.8. The second-order valence-corrected chi connectivity index (χ2v) is 5.40. The quantitative estimate of drug-likeness (QED) is 0.759. The van der Waals surface area contributed by atoms with E-state index in [4.69, 9.17) is 4.74 Å². The summed E-state index contributed by atoms with van der Waals surface area (Å²) in [4.78, 5) is 0. The van der Waals surface area contributed by atoms with E-state index in [0.29, 0.717) is 6.04 Å². The number of ether oxygens (including phenoxy) is 1. The largest absolute Gasteiger partial charge is 0.379 e. The van der Waals surface area contributed by atoms with Gasteiger partial charge in [0.05, 0.1) is 12.6 Å². The van der Waals surface area contributed by atoms with E-state index >= 15 is 0 Å². The molecule has 1 aromatic carbocycles. The maximum atomic E-state index is 5.84. The third kappa shape index (κ3) is 4.43. The second kappa shape index (κ2) is 6.91. The summed E-state index contributed by atoms with van der Waals surface area (Å²) >= 11 is 0. The van der Waals surface area contributed by atoms with Crippen molar-refractivity contribution in [2.75, 3.05) is 19.8 Å². The molecule has 0 spiro atoms. The van der Waals surface area contributed by atoms with Crippen molar-refractivity contribution in [3.63, 3.8) is 0 Å². The van der Waals surface area contributed by atoms with Crippen LogP contribution in [-0.2, 0) is 4.74 Å². The van der Waals surface area contributed by atoms with Gasteiger partial charge in [0.25, 0.3) is 0 Å². The number of nitrogens with one attached hydrogen (secondary N) is 1. The predicted molar refractivity (Wildman–Crippen MR) is 75.8 cm³/mol. The van der Waals surface area contributed by atoms with Gasteiger partial charge in [-0.15, -0.1) is 0 Å². The Morgan fingerprint density at radius 1 is 1.28 bits per heavy atom. The van der Waals surface area contributed by atoms with Crippen LogP contribution in [0.4, 0.5) is 0 Å². The van der Waals surface area contributed by atoms with E-state index in [2.05, 4.69) is 43.4 Å². The van der Waals surface area contributed by atoms with Crippen LogP contribution in [0.2, 0.25) is 0 Å². The third-order valence-electron chi connectivity index (χ3n) is 3.46. The molecule has 0 radical (unpaired) electrons. The van der Waals surface area contributed by atoms with Crippen molar-refractivity contribution in [2.45, 2.75) is 39.2 Å². The first-order valence-electron chi connectivity index (χ1n) is 7.17. The summed E-state index contributed by atoms with van der Waals surface area (Å²) in [6.45, 7) is 7.10. The Hall–Kier alpha value is -0.860. The zero-order valence-electron chi connectivity index (χ0n) is 11.6. The van der Waals surface area contributed by atoms with Gasteiger partial charge in [0.15, 0.2) is 0 Å². The summed E-state index contributed by atoms with van der Waals surface area (Å²) in [5, 5.41) is 3.57. The Bertz CT molecular complexity index is 343. The molecule has 0 saturated heterocycles. The van der Waals surface area contributed by atoms with E-state index in [1.165, 1.54) is 24.0 Å². The molecule has 1 unspecified atom stereocenters. The number of rotatable bonds is 8. The number of benzene rings is 1. The van der Waals surface area contributed by atoms with Crippen LogP contribution in [0.1, 0.15) is 43.4 Å². The molecule has 1 aromatic rings. The molecule has 0 aliphatic heterocycles. The molecular formula is C16H25NO. The summed E-state index contributed by atoms with van der Waals surface area (Å²) in [6, 6.07) is 9.12. The van der Waals surface area contributed by atoms with Crippen molar-refractivity contribution < 1.29 is 4.74 Å². The van der Waals surface area contributed by atoms with Gasteiger partial charge in [0, 0.05) is 6.61 Å². The highest BCUT2D eigenvalue weighted by molar-refractivity contribution is 5.24. The van der Waals surface area contributed by atoms with Gasteiger partial charge >= 0.3 is 0 Å². The predicted octanol–water partition coefficient (Wildman–Crippen LogP) is 3.46. The minimum absolute atomic E-state index is 0.337. The molecule has 1 fully saturated rings. The average molecular weight is 247 g/mol. The van der Waals surface area contributed by atoms with Crippen molar-refractivity contribution in [2.24, 2.45) is 5.92 Å². The fourth-order valence-corrected chi connectivity index (χ4v) is 2.03. The fourth-order valence-electron chi connectivity index (χ4n) is 2.03. The molecule has 1 aliphatic carbocycles. The lowest BCUT2D eigenvalue weighted by Gasteiger charge is -2.19. The standard InChI is InChI=1S/C16H25NO/c1-3-10-17-16(12-18-11-14-6-7-14)15-8-4-13(2)5-9-15/h4-5,8-9,14,16-17H,3,6-7,10-12H2,1-2H3. The Morgan fingerprint density at radius 2 is 2.00 bits per heavy atom. The van der Waals surface area contributed by atoms with Gasteiger partial charge in [-0.3, -0.25) is 0 Å². The Balaban J connectivity index is 1.87. The van der Waals surface area contributed by atoms with Crippen molar-refractivity contribution in [3.05, 3.63) is 35.4 Å². The van der Waals surface area contributed by atoms with E-state index in [0.717, 1.165) is 32.1 Å². The first kappa shape index (κ1) is 13.6. The summed E-state index contributed by atoms with van der Waals surface area (Å²) in [7, 11) is 0. The molecule has 1 saturated carbocycles. The van der Waals surface area contributed by atoms with Gasteiger partial charge in [-0.05, 0) is 44.2 Å². The Kier molecular flexibility index (Phi) is 5.21. The third-order valence-corrected chi connectivity index (χ3v) is 3.46.